The average Bonchev–Trinajstić information content (AvgIpc) is 2.86. The number of nitrogens with zero attached hydrogens (tertiary/aromatic N) is 3. The third-order valence-corrected chi connectivity index (χ3v) is 8.39. The maximum absolute atomic E-state index is 13.4. The molecule has 0 saturated carbocycles. The first kappa shape index (κ1) is 22.5. The van der Waals surface area contributed by atoms with Gasteiger partial charge in [-0.1, -0.05) is 54.6 Å². The maximum Gasteiger partial charge on any atom is 0.245 e. The van der Waals surface area contributed by atoms with E-state index >= 15 is 0 Å². The van der Waals surface area contributed by atoms with Gasteiger partial charge in [-0.3, -0.25) is 9.78 Å². The minimum atomic E-state index is -3.69. The number of pyridine rings is 1. The van der Waals surface area contributed by atoms with Crippen molar-refractivity contribution in [1.82, 2.24) is 14.2 Å². The van der Waals surface area contributed by atoms with Crippen LogP contribution in [0, 0.1) is 6.92 Å². The highest BCUT2D eigenvalue weighted by molar-refractivity contribution is 7.89. The SMILES string of the molecule is Cc1cnc2c(S(=O)(=O)N3CCN(C(=O)CCc4ccc5ccccc5c4)CC3)cccc2c1. The smallest absolute Gasteiger partial charge is 0.245 e. The van der Waals surface area contributed by atoms with Crippen LogP contribution >= 0.6 is 0 Å². The Bertz CT molecular complexity index is 1480. The van der Waals surface area contributed by atoms with E-state index in [1.54, 1.807) is 23.2 Å². The molecular weight excluding hydrogens is 446 g/mol. The first-order chi connectivity index (χ1) is 16.4. The van der Waals surface area contributed by atoms with Crippen LogP contribution < -0.4 is 0 Å². The number of fused-ring (bicyclic) bond motifs is 2. The molecule has 1 fully saturated rings. The van der Waals surface area contributed by atoms with Crippen LogP contribution in [0.2, 0.25) is 0 Å². The van der Waals surface area contributed by atoms with Crippen LogP contribution in [-0.4, -0.2) is 54.7 Å². The summed E-state index contributed by atoms with van der Waals surface area (Å²) in [5.41, 5.74) is 2.60. The number of piperazine rings is 1. The number of rotatable bonds is 5. The molecule has 1 saturated heterocycles. The Morgan fingerprint density at radius 1 is 0.882 bits per heavy atom. The Hall–Kier alpha value is -3.29. The molecule has 0 N–H and O–H groups in total. The van der Waals surface area contributed by atoms with Crippen LogP contribution in [-0.2, 0) is 21.2 Å². The lowest BCUT2D eigenvalue weighted by Crippen LogP contribution is -2.50. The Kier molecular flexibility index (Phi) is 6.06. The lowest BCUT2D eigenvalue weighted by atomic mass is 10.0. The van der Waals surface area contributed by atoms with Crippen LogP contribution in [0.3, 0.4) is 0 Å². The van der Waals surface area contributed by atoms with Crippen molar-refractivity contribution >= 4 is 37.6 Å². The number of sulfonamides is 1. The van der Waals surface area contributed by atoms with Gasteiger partial charge in [0.1, 0.15) is 4.90 Å². The van der Waals surface area contributed by atoms with Gasteiger partial charge in [-0.25, -0.2) is 8.42 Å². The molecule has 0 aliphatic carbocycles. The minimum absolute atomic E-state index is 0.0625. The van der Waals surface area contributed by atoms with Gasteiger partial charge in [0, 0.05) is 44.2 Å². The number of aryl methyl sites for hydroxylation is 2. The van der Waals surface area contributed by atoms with Crippen molar-refractivity contribution in [2.75, 3.05) is 26.2 Å². The second-order valence-electron chi connectivity index (χ2n) is 8.81. The first-order valence-electron chi connectivity index (χ1n) is 11.5. The fourth-order valence-corrected chi connectivity index (χ4v) is 6.16. The van der Waals surface area contributed by atoms with Crippen molar-refractivity contribution in [3.63, 3.8) is 0 Å². The lowest BCUT2D eigenvalue weighted by Gasteiger charge is -2.34. The van der Waals surface area contributed by atoms with Crippen LogP contribution in [0.15, 0.2) is 77.8 Å². The number of carbonyl (C=O) groups is 1. The van der Waals surface area contributed by atoms with Crippen molar-refractivity contribution in [2.45, 2.75) is 24.7 Å². The Morgan fingerprint density at radius 2 is 1.62 bits per heavy atom. The molecule has 7 heteroatoms. The molecule has 1 amide bonds. The zero-order valence-corrected chi connectivity index (χ0v) is 20.0. The van der Waals surface area contributed by atoms with Gasteiger partial charge < -0.3 is 4.90 Å². The van der Waals surface area contributed by atoms with Crippen molar-refractivity contribution < 1.29 is 13.2 Å². The number of carbonyl (C=O) groups excluding carboxylic acids is 1. The summed E-state index contributed by atoms with van der Waals surface area (Å²) in [6.45, 7) is 3.29. The summed E-state index contributed by atoms with van der Waals surface area (Å²) in [5, 5.41) is 3.17. The van der Waals surface area contributed by atoms with E-state index in [0.717, 1.165) is 16.5 Å². The summed E-state index contributed by atoms with van der Waals surface area (Å²) in [6.07, 6.45) is 2.77. The summed E-state index contributed by atoms with van der Waals surface area (Å²) < 4.78 is 28.2. The van der Waals surface area contributed by atoms with E-state index in [4.69, 9.17) is 0 Å². The quantitative estimate of drug-likeness (QED) is 0.436. The third kappa shape index (κ3) is 4.41. The summed E-state index contributed by atoms with van der Waals surface area (Å²) in [7, 11) is -3.69. The molecule has 0 atom stereocenters. The molecule has 0 bridgehead atoms. The third-order valence-electron chi connectivity index (χ3n) is 6.46. The van der Waals surface area contributed by atoms with Gasteiger partial charge in [0.05, 0.1) is 5.52 Å². The number of para-hydroxylation sites is 1. The van der Waals surface area contributed by atoms with Crippen LogP contribution in [0.25, 0.3) is 21.7 Å². The Balaban J connectivity index is 1.23. The van der Waals surface area contributed by atoms with Gasteiger partial charge >= 0.3 is 0 Å². The summed E-state index contributed by atoms with van der Waals surface area (Å²) in [5.74, 6) is 0.0625. The highest BCUT2D eigenvalue weighted by atomic mass is 32.2. The van der Waals surface area contributed by atoms with Crippen molar-refractivity contribution in [3.05, 3.63) is 84.1 Å². The molecule has 6 nitrogen and oxygen atoms in total. The molecule has 4 aromatic rings. The van der Waals surface area contributed by atoms with E-state index in [1.165, 1.54) is 15.1 Å². The molecule has 1 aromatic heterocycles. The first-order valence-corrected chi connectivity index (χ1v) is 13.0. The fourth-order valence-electron chi connectivity index (χ4n) is 4.57. The van der Waals surface area contributed by atoms with E-state index in [1.807, 2.05) is 31.2 Å². The van der Waals surface area contributed by atoms with E-state index in [2.05, 4.69) is 35.3 Å². The predicted molar refractivity (Wildman–Crippen MR) is 134 cm³/mol. The van der Waals surface area contributed by atoms with Gasteiger partial charge in [0.2, 0.25) is 15.9 Å². The molecule has 34 heavy (non-hydrogen) atoms. The Morgan fingerprint density at radius 3 is 2.41 bits per heavy atom. The molecule has 1 aliphatic rings. The summed E-state index contributed by atoms with van der Waals surface area (Å²) in [4.78, 5) is 19.2. The minimum Gasteiger partial charge on any atom is -0.340 e. The van der Waals surface area contributed by atoms with E-state index in [9.17, 15) is 13.2 Å². The number of benzene rings is 3. The van der Waals surface area contributed by atoms with E-state index < -0.39 is 10.0 Å². The Labute approximate surface area is 199 Å². The predicted octanol–water partition coefficient (Wildman–Crippen LogP) is 4.16. The van der Waals surface area contributed by atoms with Crippen LogP contribution in [0.5, 0.6) is 0 Å². The van der Waals surface area contributed by atoms with Crippen LogP contribution in [0.4, 0.5) is 0 Å². The zero-order chi connectivity index (χ0) is 23.7. The standard InChI is InChI=1S/C27H27N3O3S/c1-20-17-24-7-4-8-25(27(24)28-19-20)34(32,33)30-15-13-29(14-16-30)26(31)12-10-21-9-11-22-5-2-3-6-23(22)18-21/h2-9,11,17-19H,10,12-16H2,1H3. The largest absolute Gasteiger partial charge is 0.340 e. The highest BCUT2D eigenvalue weighted by Crippen LogP contribution is 2.26. The van der Waals surface area contributed by atoms with Gasteiger partial charge in [-0.2, -0.15) is 4.31 Å². The van der Waals surface area contributed by atoms with Gasteiger partial charge in [0.25, 0.3) is 0 Å². The summed E-state index contributed by atoms with van der Waals surface area (Å²) >= 11 is 0. The van der Waals surface area contributed by atoms with Crippen LogP contribution in [0.1, 0.15) is 17.5 Å². The highest BCUT2D eigenvalue weighted by Gasteiger charge is 2.31. The van der Waals surface area contributed by atoms with Crippen molar-refractivity contribution in [3.8, 4) is 0 Å². The second kappa shape index (κ2) is 9.16. The molecule has 0 unspecified atom stereocenters. The monoisotopic (exact) mass is 473 g/mol. The molecule has 0 radical (unpaired) electrons. The van der Waals surface area contributed by atoms with E-state index in [0.29, 0.717) is 31.4 Å². The summed E-state index contributed by atoms with van der Waals surface area (Å²) in [6, 6.07) is 21.6. The van der Waals surface area contributed by atoms with Crippen molar-refractivity contribution in [1.29, 1.82) is 0 Å². The zero-order valence-electron chi connectivity index (χ0n) is 19.1. The van der Waals surface area contributed by atoms with E-state index in [-0.39, 0.29) is 23.9 Å². The average molecular weight is 474 g/mol. The molecule has 174 valence electrons. The molecular formula is C27H27N3O3S. The second-order valence-corrected chi connectivity index (χ2v) is 10.7. The van der Waals surface area contributed by atoms with Gasteiger partial charge in [-0.15, -0.1) is 0 Å². The normalized spacial score (nSPS) is 15.1. The van der Waals surface area contributed by atoms with Gasteiger partial charge in [0.15, 0.2) is 0 Å². The number of hydrogen-bond acceptors (Lipinski definition) is 4. The number of aromatic nitrogens is 1. The molecule has 5 rings (SSSR count). The van der Waals surface area contributed by atoms with Gasteiger partial charge in [-0.05, 0) is 47.4 Å². The van der Waals surface area contributed by atoms with Crippen molar-refractivity contribution in [2.24, 2.45) is 0 Å². The maximum atomic E-state index is 13.4. The topological polar surface area (TPSA) is 70.6 Å². The molecule has 2 heterocycles. The molecule has 3 aromatic carbocycles. The fraction of sp³-hybridized carbons (Fsp3) is 0.259. The number of amides is 1. The molecule has 1 aliphatic heterocycles. The number of hydrogen-bond donors (Lipinski definition) is 0. The molecule has 0 spiro atoms. The lowest BCUT2D eigenvalue weighted by molar-refractivity contribution is -0.132.